The Morgan fingerprint density at radius 2 is 1.88 bits per heavy atom. The van der Waals surface area contributed by atoms with Crippen molar-refractivity contribution < 1.29 is 18.8 Å². The van der Waals surface area contributed by atoms with Gasteiger partial charge < -0.3 is 15.5 Å². The van der Waals surface area contributed by atoms with Crippen LogP contribution < -0.4 is 10.6 Å². The minimum atomic E-state index is -0.526. The zero-order valence-corrected chi connectivity index (χ0v) is 18.9. The van der Waals surface area contributed by atoms with Crippen molar-refractivity contribution in [1.29, 1.82) is 0 Å². The fourth-order valence-corrected chi connectivity index (χ4v) is 4.44. The number of halogens is 1. The van der Waals surface area contributed by atoms with Gasteiger partial charge in [-0.2, -0.15) is 0 Å². The Balaban J connectivity index is 1.52. The highest BCUT2D eigenvalue weighted by Gasteiger charge is 2.43. The summed E-state index contributed by atoms with van der Waals surface area (Å²) in [5, 5.41) is 5.70. The number of nitrogens with zero attached hydrogens (tertiary/aromatic N) is 2. The van der Waals surface area contributed by atoms with E-state index in [0.717, 1.165) is 16.7 Å². The number of carbonyl (C=O) groups is 3. The zero-order chi connectivity index (χ0) is 23.7. The molecule has 2 aromatic rings. The van der Waals surface area contributed by atoms with Gasteiger partial charge in [-0.1, -0.05) is 23.8 Å². The Morgan fingerprint density at radius 1 is 1.15 bits per heavy atom. The molecule has 172 valence electrons. The number of hydrogen-bond acceptors (Lipinski definition) is 3. The molecule has 0 saturated carbocycles. The molecule has 0 fully saturated rings. The highest BCUT2D eigenvalue weighted by molar-refractivity contribution is 6.02. The normalized spacial score (nSPS) is 17.9. The number of likely N-dealkylation sites (N-methyl/N-ethyl adjacent to an activating group) is 1. The van der Waals surface area contributed by atoms with Crippen molar-refractivity contribution in [3.8, 4) is 0 Å². The molecule has 2 aromatic carbocycles. The summed E-state index contributed by atoms with van der Waals surface area (Å²) in [6, 6.07) is 10.7. The quantitative estimate of drug-likeness (QED) is 0.705. The molecule has 4 amide bonds. The van der Waals surface area contributed by atoms with Crippen molar-refractivity contribution in [2.75, 3.05) is 25.0 Å². The molecule has 2 aliphatic heterocycles. The van der Waals surface area contributed by atoms with Crippen LogP contribution in [-0.2, 0) is 9.59 Å². The second kappa shape index (κ2) is 9.05. The zero-order valence-electron chi connectivity index (χ0n) is 18.9. The lowest BCUT2D eigenvalue weighted by molar-refractivity contribution is -0.126. The number of anilines is 1. The predicted octanol–water partition coefficient (Wildman–Crippen LogP) is 3.65. The van der Waals surface area contributed by atoms with E-state index in [9.17, 15) is 18.8 Å². The smallest absolute Gasteiger partial charge is 0.322 e. The third-order valence-electron chi connectivity index (χ3n) is 6.09. The molecule has 0 bridgehead atoms. The van der Waals surface area contributed by atoms with E-state index < -0.39 is 6.04 Å². The summed E-state index contributed by atoms with van der Waals surface area (Å²) in [5.74, 6) is -0.830. The fraction of sp³-hybridized carbons (Fsp3) is 0.320. The van der Waals surface area contributed by atoms with Gasteiger partial charge in [-0.3, -0.25) is 14.5 Å². The Kier molecular flexibility index (Phi) is 6.18. The van der Waals surface area contributed by atoms with E-state index in [0.29, 0.717) is 23.5 Å². The summed E-state index contributed by atoms with van der Waals surface area (Å²) < 4.78 is 13.1. The molecule has 33 heavy (non-hydrogen) atoms. The molecule has 7 nitrogen and oxygen atoms in total. The van der Waals surface area contributed by atoms with Crippen LogP contribution in [0.25, 0.3) is 0 Å². The summed E-state index contributed by atoms with van der Waals surface area (Å²) in [6.07, 6.45) is 0.0887. The van der Waals surface area contributed by atoms with Crippen LogP contribution in [0.3, 0.4) is 0 Å². The van der Waals surface area contributed by atoms with Crippen molar-refractivity contribution in [3.05, 3.63) is 76.2 Å². The lowest BCUT2D eigenvalue weighted by Crippen LogP contribution is -2.47. The maximum absolute atomic E-state index is 13.4. The summed E-state index contributed by atoms with van der Waals surface area (Å²) in [4.78, 5) is 41.8. The van der Waals surface area contributed by atoms with Crippen LogP contribution in [-0.4, -0.2) is 47.3 Å². The lowest BCUT2D eigenvalue weighted by atomic mass is 9.91. The standard InChI is InChI=1S/C25H27FN4O3/c1-4-30-20-14-29(12-11-21(31)27-18-8-6-17(26)7-9-18)24(32)22(20)23(28-25(30)33)19-10-5-15(2)13-16(19)3/h5-10,13,23H,4,11-12,14H2,1-3H3,(H,27,31)(H,28,33). The van der Waals surface area contributed by atoms with Gasteiger partial charge in [0, 0.05) is 25.2 Å². The van der Waals surface area contributed by atoms with Crippen molar-refractivity contribution in [1.82, 2.24) is 15.1 Å². The van der Waals surface area contributed by atoms with Crippen molar-refractivity contribution in [3.63, 3.8) is 0 Å². The first-order valence-corrected chi connectivity index (χ1v) is 11.0. The molecule has 0 aliphatic carbocycles. The Morgan fingerprint density at radius 3 is 2.55 bits per heavy atom. The molecule has 1 unspecified atom stereocenters. The summed E-state index contributed by atoms with van der Waals surface area (Å²) in [6.45, 7) is 6.77. The van der Waals surface area contributed by atoms with Crippen LogP contribution in [0.5, 0.6) is 0 Å². The molecule has 0 aromatic heterocycles. The van der Waals surface area contributed by atoms with Gasteiger partial charge in [0.05, 0.1) is 23.9 Å². The fourth-order valence-electron chi connectivity index (χ4n) is 4.44. The predicted molar refractivity (Wildman–Crippen MR) is 123 cm³/mol. The largest absolute Gasteiger partial charge is 0.332 e. The van der Waals surface area contributed by atoms with Gasteiger partial charge in [-0.25, -0.2) is 9.18 Å². The maximum Gasteiger partial charge on any atom is 0.322 e. The third kappa shape index (κ3) is 4.46. The van der Waals surface area contributed by atoms with Crippen LogP contribution >= 0.6 is 0 Å². The first-order chi connectivity index (χ1) is 15.8. The molecular formula is C25H27FN4O3. The van der Waals surface area contributed by atoms with Crippen molar-refractivity contribution in [2.24, 2.45) is 0 Å². The van der Waals surface area contributed by atoms with Crippen LogP contribution in [0.4, 0.5) is 14.9 Å². The van der Waals surface area contributed by atoms with E-state index in [1.165, 1.54) is 24.3 Å². The maximum atomic E-state index is 13.4. The minimum absolute atomic E-state index is 0.0887. The first-order valence-electron chi connectivity index (χ1n) is 11.0. The topological polar surface area (TPSA) is 81.8 Å². The molecule has 0 saturated heterocycles. The second-order valence-electron chi connectivity index (χ2n) is 8.38. The monoisotopic (exact) mass is 450 g/mol. The van der Waals surface area contributed by atoms with Crippen LogP contribution in [0.2, 0.25) is 0 Å². The lowest BCUT2D eigenvalue weighted by Gasteiger charge is -2.33. The average molecular weight is 451 g/mol. The SMILES string of the molecule is CCN1C(=O)NC(c2ccc(C)cc2C)C2=C1CN(CCC(=O)Nc1ccc(F)cc1)C2=O. The first kappa shape index (κ1) is 22.5. The van der Waals surface area contributed by atoms with Gasteiger partial charge in [-0.15, -0.1) is 0 Å². The number of aryl methyl sites for hydroxylation is 2. The molecule has 4 rings (SSSR count). The summed E-state index contributed by atoms with van der Waals surface area (Å²) in [7, 11) is 0. The second-order valence-corrected chi connectivity index (χ2v) is 8.38. The van der Waals surface area contributed by atoms with Crippen molar-refractivity contribution >= 4 is 23.5 Å². The molecule has 8 heteroatoms. The van der Waals surface area contributed by atoms with Crippen LogP contribution in [0.15, 0.2) is 53.7 Å². The number of carbonyl (C=O) groups excluding carboxylic acids is 3. The van der Waals surface area contributed by atoms with E-state index in [1.807, 2.05) is 39.0 Å². The minimum Gasteiger partial charge on any atom is -0.332 e. The molecule has 0 spiro atoms. The Bertz CT molecular complexity index is 1140. The number of nitrogens with one attached hydrogen (secondary N) is 2. The summed E-state index contributed by atoms with van der Waals surface area (Å²) in [5.41, 5.74) is 4.74. The van der Waals surface area contributed by atoms with Gasteiger partial charge in [0.15, 0.2) is 0 Å². The van der Waals surface area contributed by atoms with E-state index in [4.69, 9.17) is 0 Å². The molecule has 1 atom stereocenters. The number of rotatable bonds is 6. The van der Waals surface area contributed by atoms with E-state index in [1.54, 1.807) is 9.80 Å². The molecule has 2 aliphatic rings. The molecular weight excluding hydrogens is 423 g/mol. The van der Waals surface area contributed by atoms with E-state index >= 15 is 0 Å². The van der Waals surface area contributed by atoms with Crippen LogP contribution in [0.1, 0.15) is 36.1 Å². The third-order valence-corrected chi connectivity index (χ3v) is 6.09. The molecule has 0 radical (unpaired) electrons. The average Bonchev–Trinajstić information content (AvgIpc) is 3.10. The number of urea groups is 1. The number of benzene rings is 2. The van der Waals surface area contributed by atoms with Gasteiger partial charge in [0.1, 0.15) is 5.82 Å². The van der Waals surface area contributed by atoms with Gasteiger partial charge in [0.25, 0.3) is 5.91 Å². The number of hydrogen-bond donors (Lipinski definition) is 2. The van der Waals surface area contributed by atoms with Gasteiger partial charge in [0.2, 0.25) is 5.91 Å². The molecule has 2 heterocycles. The number of amides is 4. The van der Waals surface area contributed by atoms with Gasteiger partial charge >= 0.3 is 6.03 Å². The Labute approximate surface area is 192 Å². The summed E-state index contributed by atoms with van der Waals surface area (Å²) >= 11 is 0. The highest BCUT2D eigenvalue weighted by Crippen LogP contribution is 2.37. The Hall–Kier alpha value is -3.68. The van der Waals surface area contributed by atoms with Gasteiger partial charge in [-0.05, 0) is 56.2 Å². The highest BCUT2D eigenvalue weighted by atomic mass is 19.1. The van der Waals surface area contributed by atoms with Crippen molar-refractivity contribution in [2.45, 2.75) is 33.2 Å². The van der Waals surface area contributed by atoms with E-state index in [-0.39, 0.29) is 43.2 Å². The van der Waals surface area contributed by atoms with Crippen LogP contribution in [0, 0.1) is 19.7 Å². The van der Waals surface area contributed by atoms with E-state index in [2.05, 4.69) is 10.6 Å². The molecule has 2 N–H and O–H groups in total.